The van der Waals surface area contributed by atoms with Gasteiger partial charge in [-0.25, -0.2) is 4.79 Å². The second-order valence-electron chi connectivity index (χ2n) is 6.46. The van der Waals surface area contributed by atoms with Crippen LogP contribution < -0.4 is 0 Å². The second kappa shape index (κ2) is 6.29. The number of hydrogen-bond acceptors (Lipinski definition) is 3. The molecule has 1 atom stereocenters. The predicted octanol–water partition coefficient (Wildman–Crippen LogP) is 3.20. The second-order valence-corrected chi connectivity index (χ2v) is 6.46. The molecular weight excluding hydrogens is 266 g/mol. The van der Waals surface area contributed by atoms with Crippen LogP contribution in [-0.2, 0) is 16.0 Å². The summed E-state index contributed by atoms with van der Waals surface area (Å²) in [6.45, 7) is 6.10. The molecule has 0 unspecified atom stereocenters. The van der Waals surface area contributed by atoms with Gasteiger partial charge in [-0.05, 0) is 39.2 Å². The van der Waals surface area contributed by atoms with Gasteiger partial charge in [0, 0.05) is 13.0 Å². The number of ether oxygens (including phenoxy) is 1. The Bertz CT molecular complexity index is 505. The van der Waals surface area contributed by atoms with E-state index >= 15 is 0 Å². The molecule has 0 saturated carbocycles. The monoisotopic (exact) mass is 289 g/mol. The van der Waals surface area contributed by atoms with E-state index in [1.54, 1.807) is 4.90 Å². The van der Waals surface area contributed by atoms with Gasteiger partial charge >= 0.3 is 6.09 Å². The number of nitrogens with zero attached hydrogens (tertiary/aromatic N) is 1. The first-order chi connectivity index (χ1) is 9.87. The average molecular weight is 289 g/mol. The molecule has 0 N–H and O–H groups in total. The zero-order chi connectivity index (χ0) is 15.5. The van der Waals surface area contributed by atoms with E-state index in [2.05, 4.69) is 0 Å². The zero-order valence-electron chi connectivity index (χ0n) is 13.0. The van der Waals surface area contributed by atoms with Crippen LogP contribution in [0.3, 0.4) is 0 Å². The molecular formula is C17H23NO3. The Hall–Kier alpha value is -1.84. The quantitative estimate of drug-likeness (QED) is 0.858. The third-order valence-corrected chi connectivity index (χ3v) is 3.47. The molecule has 21 heavy (non-hydrogen) atoms. The maximum atomic E-state index is 12.4. The Kier molecular flexibility index (Phi) is 4.66. The van der Waals surface area contributed by atoms with Crippen LogP contribution in [0, 0.1) is 0 Å². The van der Waals surface area contributed by atoms with Gasteiger partial charge in [0.15, 0.2) is 5.78 Å². The Morgan fingerprint density at radius 3 is 2.52 bits per heavy atom. The summed E-state index contributed by atoms with van der Waals surface area (Å²) in [4.78, 5) is 26.2. The summed E-state index contributed by atoms with van der Waals surface area (Å²) >= 11 is 0. The normalized spacial score (nSPS) is 18.6. The largest absolute Gasteiger partial charge is 0.444 e. The highest BCUT2D eigenvalue weighted by molar-refractivity contribution is 5.89. The summed E-state index contributed by atoms with van der Waals surface area (Å²) in [5.74, 6) is 0.0876. The van der Waals surface area contributed by atoms with Gasteiger partial charge in [-0.15, -0.1) is 0 Å². The van der Waals surface area contributed by atoms with Gasteiger partial charge in [0.25, 0.3) is 0 Å². The van der Waals surface area contributed by atoms with Gasteiger partial charge in [-0.1, -0.05) is 30.3 Å². The maximum absolute atomic E-state index is 12.4. The fraction of sp³-hybridized carbons (Fsp3) is 0.529. The van der Waals surface area contributed by atoms with Gasteiger partial charge in [0.05, 0.1) is 6.04 Å². The first-order valence-corrected chi connectivity index (χ1v) is 7.43. The smallest absolute Gasteiger partial charge is 0.410 e. The number of benzene rings is 1. The van der Waals surface area contributed by atoms with Crippen molar-refractivity contribution in [2.75, 3.05) is 6.54 Å². The average Bonchev–Trinajstić information content (AvgIpc) is 2.87. The molecule has 1 aromatic rings. The number of Topliss-reactive ketones (excluding diaryl/α,β-unsaturated/α-hetero) is 1. The van der Waals surface area contributed by atoms with E-state index in [1.807, 2.05) is 51.1 Å². The molecule has 0 bridgehead atoms. The third-order valence-electron chi connectivity index (χ3n) is 3.47. The lowest BCUT2D eigenvalue weighted by Gasteiger charge is -2.28. The van der Waals surface area contributed by atoms with Crippen LogP contribution in [0.4, 0.5) is 4.79 Å². The Morgan fingerprint density at radius 1 is 1.24 bits per heavy atom. The zero-order valence-corrected chi connectivity index (χ0v) is 13.0. The Balaban J connectivity index is 2.01. The minimum atomic E-state index is -0.535. The van der Waals surface area contributed by atoms with E-state index in [4.69, 9.17) is 4.74 Å². The minimum Gasteiger partial charge on any atom is -0.444 e. The summed E-state index contributed by atoms with van der Waals surface area (Å²) in [6.07, 6.45) is 1.56. The minimum absolute atomic E-state index is 0.0876. The number of hydrogen-bond donors (Lipinski definition) is 0. The van der Waals surface area contributed by atoms with E-state index in [0.29, 0.717) is 13.0 Å². The van der Waals surface area contributed by atoms with Crippen LogP contribution in [0.5, 0.6) is 0 Å². The molecule has 0 spiro atoms. The Morgan fingerprint density at radius 2 is 1.90 bits per heavy atom. The molecule has 1 saturated heterocycles. The van der Waals surface area contributed by atoms with Gasteiger partial charge in [-0.2, -0.15) is 0 Å². The van der Waals surface area contributed by atoms with Crippen molar-refractivity contribution in [3.8, 4) is 0 Å². The van der Waals surface area contributed by atoms with E-state index in [9.17, 15) is 9.59 Å². The van der Waals surface area contributed by atoms with Crippen molar-refractivity contribution in [3.63, 3.8) is 0 Å². The molecule has 1 fully saturated rings. The van der Waals surface area contributed by atoms with Crippen molar-refractivity contribution < 1.29 is 14.3 Å². The first kappa shape index (κ1) is 15.5. The molecule has 2 rings (SSSR count). The molecule has 1 aliphatic rings. The van der Waals surface area contributed by atoms with Crippen molar-refractivity contribution >= 4 is 11.9 Å². The van der Waals surface area contributed by atoms with E-state index in [-0.39, 0.29) is 17.9 Å². The van der Waals surface area contributed by atoms with Crippen LogP contribution in [0.2, 0.25) is 0 Å². The number of likely N-dealkylation sites (tertiary alicyclic amines) is 1. The number of amides is 1. The third kappa shape index (κ3) is 4.31. The number of carbonyl (C=O) groups is 2. The van der Waals surface area contributed by atoms with Crippen LogP contribution >= 0.6 is 0 Å². The fourth-order valence-corrected chi connectivity index (χ4v) is 2.56. The Labute approximate surface area is 126 Å². The van der Waals surface area contributed by atoms with Crippen molar-refractivity contribution in [1.29, 1.82) is 0 Å². The number of rotatable bonds is 3. The molecule has 0 aliphatic carbocycles. The lowest BCUT2D eigenvalue weighted by atomic mass is 10.0. The van der Waals surface area contributed by atoms with Crippen LogP contribution in [0.25, 0.3) is 0 Å². The fourth-order valence-electron chi connectivity index (χ4n) is 2.56. The van der Waals surface area contributed by atoms with E-state index in [0.717, 1.165) is 18.4 Å². The van der Waals surface area contributed by atoms with Gasteiger partial charge < -0.3 is 4.74 Å². The molecule has 1 aromatic carbocycles. The van der Waals surface area contributed by atoms with E-state index in [1.165, 1.54) is 0 Å². The topological polar surface area (TPSA) is 46.6 Å². The van der Waals surface area contributed by atoms with Gasteiger partial charge in [-0.3, -0.25) is 9.69 Å². The van der Waals surface area contributed by atoms with Crippen LogP contribution in [-0.4, -0.2) is 35.0 Å². The molecule has 1 aliphatic heterocycles. The maximum Gasteiger partial charge on any atom is 0.410 e. The van der Waals surface area contributed by atoms with Gasteiger partial charge in [0.2, 0.25) is 0 Å². The highest BCUT2D eigenvalue weighted by atomic mass is 16.6. The predicted molar refractivity (Wildman–Crippen MR) is 81.1 cm³/mol. The molecule has 0 radical (unpaired) electrons. The van der Waals surface area contributed by atoms with Crippen molar-refractivity contribution in [3.05, 3.63) is 35.9 Å². The summed E-state index contributed by atoms with van der Waals surface area (Å²) < 4.78 is 5.39. The van der Waals surface area contributed by atoms with E-state index < -0.39 is 5.60 Å². The lowest BCUT2D eigenvalue weighted by Crippen LogP contribution is -2.43. The molecule has 0 aromatic heterocycles. The number of ketones is 1. The van der Waals surface area contributed by atoms with Crippen LogP contribution in [0.1, 0.15) is 39.2 Å². The summed E-state index contributed by atoms with van der Waals surface area (Å²) in [5, 5.41) is 0. The first-order valence-electron chi connectivity index (χ1n) is 7.43. The highest BCUT2D eigenvalue weighted by Gasteiger charge is 2.36. The lowest BCUT2D eigenvalue weighted by molar-refractivity contribution is -0.122. The summed E-state index contributed by atoms with van der Waals surface area (Å²) in [7, 11) is 0. The highest BCUT2D eigenvalue weighted by Crippen LogP contribution is 2.22. The molecule has 114 valence electrons. The summed E-state index contributed by atoms with van der Waals surface area (Å²) in [5.41, 5.74) is 0.450. The summed E-state index contributed by atoms with van der Waals surface area (Å²) in [6, 6.07) is 9.29. The van der Waals surface area contributed by atoms with Crippen LogP contribution in [0.15, 0.2) is 30.3 Å². The SMILES string of the molecule is CC(C)(C)OC(=O)N1CCC[C@H]1C(=O)Cc1ccccc1. The molecule has 1 heterocycles. The van der Waals surface area contributed by atoms with Crippen molar-refractivity contribution in [2.24, 2.45) is 0 Å². The molecule has 4 heteroatoms. The number of carbonyl (C=O) groups excluding carboxylic acids is 2. The van der Waals surface area contributed by atoms with Gasteiger partial charge in [0.1, 0.15) is 5.60 Å². The van der Waals surface area contributed by atoms with Crippen molar-refractivity contribution in [1.82, 2.24) is 4.90 Å². The van der Waals surface area contributed by atoms with Crippen molar-refractivity contribution in [2.45, 2.75) is 51.7 Å². The molecule has 1 amide bonds. The standard InChI is InChI=1S/C17H23NO3/c1-17(2,3)21-16(20)18-11-7-10-14(18)15(19)12-13-8-5-4-6-9-13/h4-6,8-9,14H,7,10-12H2,1-3H3/t14-/m0/s1. The molecule has 4 nitrogen and oxygen atoms in total.